The summed E-state index contributed by atoms with van der Waals surface area (Å²) < 4.78 is 27.6. The minimum Gasteiger partial charge on any atom is -0.495 e. The lowest BCUT2D eigenvalue weighted by Gasteiger charge is -2.26. The van der Waals surface area contributed by atoms with Crippen molar-refractivity contribution in [2.45, 2.75) is 0 Å². The quantitative estimate of drug-likeness (QED) is 0.810. The maximum absolute atomic E-state index is 5.84. The van der Waals surface area contributed by atoms with Gasteiger partial charge in [-0.05, 0) is 12.1 Å². The summed E-state index contributed by atoms with van der Waals surface area (Å²) >= 11 is 0. The van der Waals surface area contributed by atoms with Gasteiger partial charge in [-0.25, -0.2) is 0 Å². The highest BCUT2D eigenvalue weighted by molar-refractivity contribution is 5.64. The summed E-state index contributed by atoms with van der Waals surface area (Å²) in [5, 5.41) is 0. The number of nitrogens with two attached hydrogens (primary N) is 1. The fourth-order valence-electron chi connectivity index (χ4n) is 2.42. The summed E-state index contributed by atoms with van der Waals surface area (Å²) in [4.78, 5) is 2.18. The number of hydrogen-bond donors (Lipinski definition) is 1. The lowest BCUT2D eigenvalue weighted by atomic mass is 10.2. The first kappa shape index (κ1) is 18.8. The van der Waals surface area contributed by atoms with Gasteiger partial charge in [0.25, 0.3) is 0 Å². The smallest absolute Gasteiger partial charge is 0.144 e. The molecular weight excluding hydrogens is 312 g/mol. The number of nitrogen functional groups attached to an aromatic ring is 1. The maximum atomic E-state index is 5.84. The highest BCUT2D eigenvalue weighted by Crippen LogP contribution is 2.30. The van der Waals surface area contributed by atoms with E-state index in [1.54, 1.807) is 7.11 Å². The monoisotopic (exact) mass is 340 g/mol. The van der Waals surface area contributed by atoms with Crippen molar-refractivity contribution in [3.8, 4) is 5.75 Å². The number of nitrogens with zero attached hydrogens (tertiary/aromatic N) is 1. The summed E-state index contributed by atoms with van der Waals surface area (Å²) in [7, 11) is 1.65. The zero-order valence-corrected chi connectivity index (χ0v) is 14.4. The van der Waals surface area contributed by atoms with E-state index >= 15 is 0 Å². The molecule has 0 aromatic heterocycles. The van der Waals surface area contributed by atoms with Crippen molar-refractivity contribution in [2.75, 3.05) is 83.7 Å². The molecule has 24 heavy (non-hydrogen) atoms. The largest absolute Gasteiger partial charge is 0.495 e. The van der Waals surface area contributed by atoms with Crippen LogP contribution in [0, 0.1) is 0 Å². The summed E-state index contributed by atoms with van der Waals surface area (Å²) in [6, 6.07) is 5.67. The van der Waals surface area contributed by atoms with Crippen LogP contribution in [0.2, 0.25) is 0 Å². The van der Waals surface area contributed by atoms with Gasteiger partial charge in [-0.3, -0.25) is 0 Å². The topological polar surface area (TPSA) is 75.4 Å². The minimum atomic E-state index is 0.573. The van der Waals surface area contributed by atoms with Gasteiger partial charge in [-0.1, -0.05) is 0 Å². The van der Waals surface area contributed by atoms with E-state index in [0.717, 1.165) is 24.5 Å². The first-order valence-corrected chi connectivity index (χ1v) is 8.30. The van der Waals surface area contributed by atoms with Crippen molar-refractivity contribution < 1.29 is 23.7 Å². The van der Waals surface area contributed by atoms with Crippen molar-refractivity contribution in [3.05, 3.63) is 18.2 Å². The van der Waals surface area contributed by atoms with E-state index in [2.05, 4.69) is 4.90 Å². The van der Waals surface area contributed by atoms with Crippen LogP contribution in [0.25, 0.3) is 0 Å². The van der Waals surface area contributed by atoms with Gasteiger partial charge in [0.2, 0.25) is 0 Å². The molecule has 1 heterocycles. The number of anilines is 2. The number of hydrogen-bond acceptors (Lipinski definition) is 7. The van der Waals surface area contributed by atoms with Crippen LogP contribution in [-0.4, -0.2) is 73.1 Å². The molecule has 0 bridgehead atoms. The first-order valence-electron chi connectivity index (χ1n) is 8.30. The molecule has 1 aromatic carbocycles. The van der Waals surface area contributed by atoms with Crippen molar-refractivity contribution in [1.82, 2.24) is 0 Å². The van der Waals surface area contributed by atoms with Gasteiger partial charge in [-0.2, -0.15) is 0 Å². The Morgan fingerprint density at radius 2 is 1.33 bits per heavy atom. The van der Waals surface area contributed by atoms with Crippen LogP contribution in [0.15, 0.2) is 18.2 Å². The fraction of sp³-hybridized carbons (Fsp3) is 0.647. The molecule has 7 heteroatoms. The third-order valence-electron chi connectivity index (χ3n) is 3.67. The number of methoxy groups -OCH3 is 1. The average molecular weight is 340 g/mol. The van der Waals surface area contributed by atoms with Crippen LogP contribution >= 0.6 is 0 Å². The molecule has 2 rings (SSSR count). The standard InChI is InChI=1S/C17H28N2O5/c1-20-17-14-15(18)2-3-16(17)19-4-6-21-8-10-23-12-13-24-11-9-22-7-5-19/h2-3,14H,4-13,18H2,1H3. The number of ether oxygens (including phenoxy) is 5. The lowest BCUT2D eigenvalue weighted by Crippen LogP contribution is -2.32. The van der Waals surface area contributed by atoms with Crippen LogP contribution in [0.5, 0.6) is 5.75 Å². The van der Waals surface area contributed by atoms with E-state index in [1.165, 1.54) is 0 Å². The predicted octanol–water partition coefficient (Wildman–Crippen LogP) is 1.16. The van der Waals surface area contributed by atoms with Crippen molar-refractivity contribution >= 4 is 11.4 Å². The Morgan fingerprint density at radius 1 is 0.833 bits per heavy atom. The van der Waals surface area contributed by atoms with Gasteiger partial charge in [0.05, 0.1) is 65.7 Å². The third-order valence-corrected chi connectivity index (χ3v) is 3.67. The van der Waals surface area contributed by atoms with Crippen LogP contribution < -0.4 is 15.4 Å². The van der Waals surface area contributed by atoms with E-state index in [-0.39, 0.29) is 0 Å². The van der Waals surface area contributed by atoms with Gasteiger partial charge < -0.3 is 34.3 Å². The molecule has 136 valence electrons. The molecule has 0 saturated carbocycles. The normalized spacial score (nSPS) is 19.3. The highest BCUT2D eigenvalue weighted by Gasteiger charge is 2.13. The molecule has 0 spiro atoms. The highest BCUT2D eigenvalue weighted by atomic mass is 16.6. The molecule has 0 radical (unpaired) electrons. The van der Waals surface area contributed by atoms with E-state index in [9.17, 15) is 0 Å². The molecule has 2 N–H and O–H groups in total. The van der Waals surface area contributed by atoms with Crippen LogP contribution in [0.1, 0.15) is 0 Å². The van der Waals surface area contributed by atoms with Gasteiger partial charge in [0.15, 0.2) is 0 Å². The SMILES string of the molecule is COc1cc(N)ccc1N1CCOCCOCCOCCOCC1. The summed E-state index contributed by atoms with van der Waals surface area (Å²) in [5.41, 5.74) is 7.50. The Kier molecular flexibility index (Phi) is 8.69. The minimum absolute atomic E-state index is 0.573. The first-order chi connectivity index (χ1) is 11.8. The summed E-state index contributed by atoms with van der Waals surface area (Å²) in [5.74, 6) is 0.750. The van der Waals surface area contributed by atoms with E-state index in [0.29, 0.717) is 58.5 Å². The number of benzene rings is 1. The van der Waals surface area contributed by atoms with Gasteiger partial charge in [0, 0.05) is 24.8 Å². The van der Waals surface area contributed by atoms with Crippen LogP contribution in [-0.2, 0) is 18.9 Å². The van der Waals surface area contributed by atoms with Crippen molar-refractivity contribution in [2.24, 2.45) is 0 Å². The molecule has 0 amide bonds. The fourth-order valence-corrected chi connectivity index (χ4v) is 2.42. The third kappa shape index (κ3) is 6.52. The Hall–Kier alpha value is -1.54. The lowest BCUT2D eigenvalue weighted by molar-refractivity contribution is 0.00206. The molecule has 1 saturated heterocycles. The second kappa shape index (κ2) is 11.1. The van der Waals surface area contributed by atoms with Crippen LogP contribution in [0.3, 0.4) is 0 Å². The molecule has 1 aliphatic heterocycles. The summed E-state index contributed by atoms with van der Waals surface area (Å²) in [6.45, 7) is 6.14. The summed E-state index contributed by atoms with van der Waals surface area (Å²) in [6.07, 6.45) is 0. The average Bonchev–Trinajstić information content (AvgIpc) is 2.60. The molecule has 1 aromatic rings. The number of rotatable bonds is 2. The van der Waals surface area contributed by atoms with Crippen molar-refractivity contribution in [3.63, 3.8) is 0 Å². The van der Waals surface area contributed by atoms with Gasteiger partial charge in [-0.15, -0.1) is 0 Å². The van der Waals surface area contributed by atoms with E-state index in [1.807, 2.05) is 18.2 Å². The second-order valence-corrected chi connectivity index (χ2v) is 5.37. The van der Waals surface area contributed by atoms with Gasteiger partial charge >= 0.3 is 0 Å². The molecule has 1 fully saturated rings. The predicted molar refractivity (Wildman–Crippen MR) is 92.9 cm³/mol. The molecule has 0 atom stereocenters. The molecule has 0 unspecified atom stereocenters. The van der Waals surface area contributed by atoms with E-state index < -0.39 is 0 Å². The maximum Gasteiger partial charge on any atom is 0.144 e. The Bertz CT molecular complexity index is 456. The Morgan fingerprint density at radius 3 is 1.83 bits per heavy atom. The molecule has 1 aliphatic rings. The molecule has 7 nitrogen and oxygen atoms in total. The zero-order valence-electron chi connectivity index (χ0n) is 14.4. The zero-order chi connectivity index (χ0) is 17.0. The Labute approximate surface area is 143 Å². The van der Waals surface area contributed by atoms with Gasteiger partial charge in [0.1, 0.15) is 5.75 Å². The Balaban J connectivity index is 1.98. The van der Waals surface area contributed by atoms with Crippen LogP contribution in [0.4, 0.5) is 11.4 Å². The molecule has 0 aliphatic carbocycles. The van der Waals surface area contributed by atoms with Crippen molar-refractivity contribution in [1.29, 1.82) is 0 Å². The second-order valence-electron chi connectivity index (χ2n) is 5.37. The van der Waals surface area contributed by atoms with E-state index in [4.69, 9.17) is 29.4 Å². The molecular formula is C17H28N2O5.